The number of hydrogen-bond acceptors (Lipinski definition) is 3. The first-order valence-corrected chi connectivity index (χ1v) is 5.63. The number of carbonyl (C=O) groups excluding carboxylic acids is 1. The average molecular weight is 214 g/mol. The first-order valence-electron chi connectivity index (χ1n) is 5.63. The number of nitrogens with two attached hydrogens (primary N) is 1. The molecule has 0 aliphatic heterocycles. The number of hydrogen-bond donors (Lipinski definition) is 2. The van der Waals surface area contributed by atoms with Crippen molar-refractivity contribution in [1.29, 1.82) is 0 Å². The fourth-order valence-corrected chi connectivity index (χ4v) is 1.52. The van der Waals surface area contributed by atoms with Gasteiger partial charge in [-0.3, -0.25) is 4.79 Å². The molecule has 4 heteroatoms. The Morgan fingerprint density at radius 3 is 2.67 bits per heavy atom. The zero-order valence-electron chi connectivity index (χ0n) is 9.88. The highest BCUT2D eigenvalue weighted by Crippen LogP contribution is 2.37. The van der Waals surface area contributed by atoms with Gasteiger partial charge in [0.05, 0.1) is 18.2 Å². The minimum absolute atomic E-state index is 0.0580. The van der Waals surface area contributed by atoms with Crippen LogP contribution in [0.4, 0.5) is 0 Å². The second-order valence-corrected chi connectivity index (χ2v) is 4.73. The molecule has 1 atom stereocenters. The molecule has 0 heterocycles. The van der Waals surface area contributed by atoms with Crippen molar-refractivity contribution in [2.45, 2.75) is 45.3 Å². The van der Waals surface area contributed by atoms with Crippen molar-refractivity contribution in [2.75, 3.05) is 13.2 Å². The summed E-state index contributed by atoms with van der Waals surface area (Å²) in [6, 6.07) is 0. The summed E-state index contributed by atoms with van der Waals surface area (Å²) in [5.41, 5.74) is 5.26. The molecule has 1 saturated carbocycles. The summed E-state index contributed by atoms with van der Waals surface area (Å²) in [6.45, 7) is 6.84. The Kier molecular flexibility index (Phi) is 4.11. The van der Waals surface area contributed by atoms with E-state index < -0.39 is 5.54 Å². The highest BCUT2D eigenvalue weighted by molar-refractivity contribution is 5.86. The van der Waals surface area contributed by atoms with E-state index in [1.807, 2.05) is 20.8 Å². The molecule has 0 aromatic rings. The third-order valence-corrected chi connectivity index (χ3v) is 2.75. The normalized spacial score (nSPS) is 20.1. The van der Waals surface area contributed by atoms with E-state index in [1.165, 1.54) is 0 Å². The Balaban J connectivity index is 2.18. The zero-order valence-corrected chi connectivity index (χ0v) is 9.88. The van der Waals surface area contributed by atoms with Crippen LogP contribution in [-0.2, 0) is 9.53 Å². The molecule has 0 aromatic heterocycles. The van der Waals surface area contributed by atoms with Crippen LogP contribution >= 0.6 is 0 Å². The first kappa shape index (κ1) is 12.5. The smallest absolute Gasteiger partial charge is 0.240 e. The molecule has 1 fully saturated rings. The Morgan fingerprint density at radius 1 is 1.60 bits per heavy atom. The predicted octanol–water partition coefficient (Wildman–Crippen LogP) is 0.655. The summed E-state index contributed by atoms with van der Waals surface area (Å²) in [7, 11) is 0. The zero-order chi connectivity index (χ0) is 11.5. The molecule has 1 amide bonds. The molecular weight excluding hydrogens is 192 g/mol. The molecule has 3 N–H and O–H groups in total. The Bertz CT molecular complexity index is 223. The van der Waals surface area contributed by atoms with Crippen molar-refractivity contribution < 1.29 is 9.53 Å². The number of nitrogens with one attached hydrogen (secondary N) is 1. The molecular formula is C11H22N2O2. The lowest BCUT2D eigenvalue weighted by Gasteiger charge is -2.23. The van der Waals surface area contributed by atoms with E-state index in [0.29, 0.717) is 19.1 Å². The van der Waals surface area contributed by atoms with Crippen LogP contribution in [0, 0.1) is 5.92 Å². The molecule has 88 valence electrons. The van der Waals surface area contributed by atoms with Crippen LogP contribution in [0.5, 0.6) is 0 Å². The van der Waals surface area contributed by atoms with Crippen LogP contribution in [0.3, 0.4) is 0 Å². The van der Waals surface area contributed by atoms with Crippen molar-refractivity contribution >= 4 is 5.91 Å². The largest absolute Gasteiger partial charge is 0.377 e. The van der Waals surface area contributed by atoms with E-state index in [-0.39, 0.29) is 12.0 Å². The van der Waals surface area contributed by atoms with Crippen molar-refractivity contribution in [3.63, 3.8) is 0 Å². The number of rotatable bonds is 6. The van der Waals surface area contributed by atoms with Gasteiger partial charge in [0.15, 0.2) is 0 Å². The van der Waals surface area contributed by atoms with Crippen LogP contribution < -0.4 is 11.1 Å². The maximum Gasteiger partial charge on any atom is 0.240 e. The Hall–Kier alpha value is -0.610. The van der Waals surface area contributed by atoms with Gasteiger partial charge >= 0.3 is 0 Å². The second kappa shape index (κ2) is 4.94. The Morgan fingerprint density at radius 2 is 2.20 bits per heavy atom. The molecule has 1 unspecified atom stereocenters. The van der Waals surface area contributed by atoms with Crippen molar-refractivity contribution in [2.24, 2.45) is 11.7 Å². The molecule has 0 bridgehead atoms. The van der Waals surface area contributed by atoms with E-state index in [2.05, 4.69) is 5.32 Å². The number of amides is 1. The van der Waals surface area contributed by atoms with Gasteiger partial charge in [-0.25, -0.2) is 0 Å². The van der Waals surface area contributed by atoms with Gasteiger partial charge in [-0.05, 0) is 39.5 Å². The minimum atomic E-state index is -0.697. The second-order valence-electron chi connectivity index (χ2n) is 4.73. The molecule has 0 aromatic carbocycles. The molecule has 1 rings (SSSR count). The van der Waals surface area contributed by atoms with Crippen molar-refractivity contribution in [3.8, 4) is 0 Å². The van der Waals surface area contributed by atoms with Gasteiger partial charge in [-0.2, -0.15) is 0 Å². The minimum Gasteiger partial charge on any atom is -0.377 e. The van der Waals surface area contributed by atoms with Gasteiger partial charge in [-0.15, -0.1) is 0 Å². The third kappa shape index (κ3) is 3.80. The quantitative estimate of drug-likeness (QED) is 0.638. The van der Waals surface area contributed by atoms with Gasteiger partial charge in [0.2, 0.25) is 5.91 Å². The molecule has 0 spiro atoms. The monoisotopic (exact) mass is 214 g/mol. The molecule has 0 radical (unpaired) electrons. The van der Waals surface area contributed by atoms with Crippen LogP contribution in [0.25, 0.3) is 0 Å². The fraction of sp³-hybridized carbons (Fsp3) is 0.909. The summed E-state index contributed by atoms with van der Waals surface area (Å²) in [4.78, 5) is 11.7. The van der Waals surface area contributed by atoms with Gasteiger partial charge in [0.25, 0.3) is 0 Å². The molecule has 0 saturated heterocycles. The molecule has 4 nitrogen and oxygen atoms in total. The topological polar surface area (TPSA) is 64.3 Å². The van der Waals surface area contributed by atoms with Gasteiger partial charge < -0.3 is 15.8 Å². The van der Waals surface area contributed by atoms with Gasteiger partial charge in [0, 0.05) is 6.54 Å². The van der Waals surface area contributed by atoms with Crippen molar-refractivity contribution in [1.82, 2.24) is 5.32 Å². The maximum absolute atomic E-state index is 11.7. The van der Waals surface area contributed by atoms with E-state index in [4.69, 9.17) is 10.5 Å². The number of carbonyl (C=O) groups is 1. The van der Waals surface area contributed by atoms with Crippen LogP contribution in [-0.4, -0.2) is 30.7 Å². The van der Waals surface area contributed by atoms with E-state index in [9.17, 15) is 4.79 Å². The highest BCUT2D eigenvalue weighted by atomic mass is 16.5. The van der Waals surface area contributed by atoms with Crippen LogP contribution in [0.2, 0.25) is 0 Å². The lowest BCUT2D eigenvalue weighted by Crippen LogP contribution is -2.53. The van der Waals surface area contributed by atoms with Crippen LogP contribution in [0.15, 0.2) is 0 Å². The summed E-state index contributed by atoms with van der Waals surface area (Å²) in [5, 5.41) is 2.81. The SMILES string of the molecule is CC(C)OCCNC(=O)C(C)(N)C1CC1. The van der Waals surface area contributed by atoms with Gasteiger partial charge in [-0.1, -0.05) is 0 Å². The summed E-state index contributed by atoms with van der Waals surface area (Å²) >= 11 is 0. The predicted molar refractivity (Wildman–Crippen MR) is 59.4 cm³/mol. The Labute approximate surface area is 91.5 Å². The van der Waals surface area contributed by atoms with Gasteiger partial charge in [0.1, 0.15) is 0 Å². The third-order valence-electron chi connectivity index (χ3n) is 2.75. The highest BCUT2D eigenvalue weighted by Gasteiger charge is 2.43. The van der Waals surface area contributed by atoms with E-state index in [0.717, 1.165) is 12.8 Å². The molecule has 1 aliphatic carbocycles. The standard InChI is InChI=1S/C11H22N2O2/c1-8(2)15-7-6-13-10(14)11(3,12)9-4-5-9/h8-9H,4-7,12H2,1-3H3,(H,13,14). The number of ether oxygens (including phenoxy) is 1. The first-order chi connectivity index (χ1) is 6.94. The lowest BCUT2D eigenvalue weighted by molar-refractivity contribution is -0.126. The molecule has 15 heavy (non-hydrogen) atoms. The average Bonchev–Trinajstić information content (AvgIpc) is 2.94. The lowest BCUT2D eigenvalue weighted by atomic mass is 9.96. The van der Waals surface area contributed by atoms with Crippen molar-refractivity contribution in [3.05, 3.63) is 0 Å². The van der Waals surface area contributed by atoms with Crippen LogP contribution in [0.1, 0.15) is 33.6 Å². The summed E-state index contributed by atoms with van der Waals surface area (Å²) in [5.74, 6) is 0.306. The molecule has 1 aliphatic rings. The fourth-order valence-electron chi connectivity index (χ4n) is 1.52. The maximum atomic E-state index is 11.7. The van der Waals surface area contributed by atoms with E-state index in [1.54, 1.807) is 0 Å². The van der Waals surface area contributed by atoms with E-state index >= 15 is 0 Å². The summed E-state index contributed by atoms with van der Waals surface area (Å²) in [6.07, 6.45) is 2.35. The summed E-state index contributed by atoms with van der Waals surface area (Å²) < 4.78 is 5.33.